The van der Waals surface area contributed by atoms with Gasteiger partial charge in [0.05, 0.1) is 5.41 Å². The summed E-state index contributed by atoms with van der Waals surface area (Å²) in [5.41, 5.74) is 1.09. The van der Waals surface area contributed by atoms with Gasteiger partial charge in [-0.05, 0) is 37.8 Å². The van der Waals surface area contributed by atoms with Gasteiger partial charge in [0, 0.05) is 45.3 Å². The number of rotatable bonds is 4. The van der Waals surface area contributed by atoms with Crippen LogP contribution in [0.15, 0.2) is 18.3 Å². The molecule has 0 unspecified atom stereocenters. The van der Waals surface area contributed by atoms with Crippen LogP contribution >= 0.6 is 0 Å². The van der Waals surface area contributed by atoms with Crippen molar-refractivity contribution >= 4 is 11.8 Å². The molecule has 0 amide bonds. The zero-order valence-electron chi connectivity index (χ0n) is 15.2. The number of ether oxygens (including phenoxy) is 1. The smallest absolute Gasteiger partial charge is 0.312 e. The molecule has 1 aromatic heterocycles. The van der Waals surface area contributed by atoms with Crippen LogP contribution in [0.1, 0.15) is 44.1 Å². The van der Waals surface area contributed by atoms with Crippen LogP contribution in [0.3, 0.4) is 0 Å². The molecule has 1 saturated carbocycles. The Hall–Kier alpha value is -1.62. The van der Waals surface area contributed by atoms with E-state index >= 15 is 0 Å². The Morgan fingerprint density at radius 2 is 1.96 bits per heavy atom. The number of piperazine rings is 1. The molecule has 1 spiro atoms. The highest BCUT2D eigenvalue weighted by Gasteiger charge is 2.50. The number of carbonyl (C=O) groups excluding carboxylic acids is 1. The second kappa shape index (κ2) is 6.94. The molecule has 0 N–H and O–H groups in total. The van der Waals surface area contributed by atoms with Crippen molar-refractivity contribution in [3.63, 3.8) is 0 Å². The minimum atomic E-state index is -0.111. The van der Waals surface area contributed by atoms with Gasteiger partial charge in [0.1, 0.15) is 11.9 Å². The minimum absolute atomic E-state index is 0.0882. The van der Waals surface area contributed by atoms with E-state index in [0.29, 0.717) is 0 Å². The molecule has 3 fully saturated rings. The molecule has 0 radical (unpaired) electrons. The lowest BCUT2D eigenvalue weighted by Gasteiger charge is -2.35. The monoisotopic (exact) mass is 343 g/mol. The maximum atomic E-state index is 12.2. The molecule has 0 aromatic carbocycles. The predicted molar refractivity (Wildman–Crippen MR) is 97.6 cm³/mol. The summed E-state index contributed by atoms with van der Waals surface area (Å²) in [5, 5.41) is 0. The second-order valence-electron chi connectivity index (χ2n) is 8.03. The van der Waals surface area contributed by atoms with Crippen molar-refractivity contribution in [3.8, 4) is 0 Å². The van der Waals surface area contributed by atoms with E-state index in [9.17, 15) is 4.79 Å². The number of esters is 1. The van der Waals surface area contributed by atoms with E-state index in [2.05, 4.69) is 33.8 Å². The average Bonchev–Trinajstić information content (AvgIpc) is 3.22. The Morgan fingerprint density at radius 3 is 2.64 bits per heavy atom. The zero-order chi connectivity index (χ0) is 17.3. The third-order valence-corrected chi connectivity index (χ3v) is 6.25. The van der Waals surface area contributed by atoms with Crippen molar-refractivity contribution in [3.05, 3.63) is 23.9 Å². The number of hydrogen-bond donors (Lipinski definition) is 0. The molecule has 25 heavy (non-hydrogen) atoms. The van der Waals surface area contributed by atoms with Gasteiger partial charge in [0.25, 0.3) is 0 Å². The van der Waals surface area contributed by atoms with E-state index in [1.807, 2.05) is 6.20 Å². The molecule has 4 rings (SSSR count). The summed E-state index contributed by atoms with van der Waals surface area (Å²) in [6, 6.07) is 4.24. The quantitative estimate of drug-likeness (QED) is 0.787. The summed E-state index contributed by atoms with van der Waals surface area (Å²) in [6.45, 7) is 7.25. The van der Waals surface area contributed by atoms with Gasteiger partial charge in [0.15, 0.2) is 0 Å². The normalized spacial score (nSPS) is 26.4. The highest BCUT2D eigenvalue weighted by molar-refractivity contribution is 5.79. The van der Waals surface area contributed by atoms with Gasteiger partial charge in [0.2, 0.25) is 0 Å². The van der Waals surface area contributed by atoms with Crippen LogP contribution in [0.5, 0.6) is 0 Å². The number of aryl methyl sites for hydroxylation is 1. The van der Waals surface area contributed by atoms with Crippen molar-refractivity contribution in [2.24, 2.45) is 5.41 Å². The van der Waals surface area contributed by atoms with E-state index in [0.717, 1.165) is 64.2 Å². The highest BCUT2D eigenvalue weighted by Crippen LogP contribution is 2.48. The Kier molecular flexibility index (Phi) is 4.67. The van der Waals surface area contributed by atoms with Crippen LogP contribution in [-0.2, 0) is 9.53 Å². The van der Waals surface area contributed by atoms with Crippen molar-refractivity contribution in [2.75, 3.05) is 37.6 Å². The van der Waals surface area contributed by atoms with Gasteiger partial charge >= 0.3 is 5.97 Å². The molecule has 136 valence electrons. The molecule has 1 aromatic rings. The molecule has 2 saturated heterocycles. The lowest BCUT2D eigenvalue weighted by molar-refractivity contribution is -0.148. The van der Waals surface area contributed by atoms with Gasteiger partial charge in [-0.15, -0.1) is 0 Å². The van der Waals surface area contributed by atoms with E-state index in [4.69, 9.17) is 4.74 Å². The first kappa shape index (κ1) is 16.8. The third kappa shape index (κ3) is 3.52. The van der Waals surface area contributed by atoms with E-state index < -0.39 is 0 Å². The minimum Gasteiger partial charge on any atom is -0.462 e. The van der Waals surface area contributed by atoms with Gasteiger partial charge in [-0.3, -0.25) is 9.69 Å². The lowest BCUT2D eigenvalue weighted by atomic mass is 9.83. The number of hydrogen-bond acceptors (Lipinski definition) is 5. The first-order chi connectivity index (χ1) is 12.1. The van der Waals surface area contributed by atoms with Crippen LogP contribution < -0.4 is 4.90 Å². The number of carbonyl (C=O) groups is 1. The van der Waals surface area contributed by atoms with Crippen LogP contribution in [0, 0.1) is 12.3 Å². The number of pyridine rings is 1. The van der Waals surface area contributed by atoms with E-state index in [1.165, 1.54) is 18.4 Å². The summed E-state index contributed by atoms with van der Waals surface area (Å²) in [4.78, 5) is 21.6. The first-order valence-corrected chi connectivity index (χ1v) is 9.76. The lowest BCUT2D eigenvalue weighted by Crippen LogP contribution is -2.47. The Balaban J connectivity index is 1.23. The Labute approximate surface area is 150 Å². The molecule has 2 aliphatic heterocycles. The topological polar surface area (TPSA) is 45.7 Å². The van der Waals surface area contributed by atoms with Crippen molar-refractivity contribution in [1.82, 2.24) is 9.88 Å². The summed E-state index contributed by atoms with van der Waals surface area (Å²) >= 11 is 0. The van der Waals surface area contributed by atoms with Crippen molar-refractivity contribution in [1.29, 1.82) is 0 Å². The first-order valence-electron chi connectivity index (χ1n) is 9.76. The zero-order valence-corrected chi connectivity index (χ0v) is 15.2. The summed E-state index contributed by atoms with van der Waals surface area (Å²) in [6.07, 6.45) is 8.50. The maximum Gasteiger partial charge on any atom is 0.312 e. The van der Waals surface area contributed by atoms with E-state index in [1.54, 1.807) is 0 Å². The molecular weight excluding hydrogens is 314 g/mol. The molecule has 0 bridgehead atoms. The fourth-order valence-electron chi connectivity index (χ4n) is 4.63. The Morgan fingerprint density at radius 1 is 1.20 bits per heavy atom. The number of aromatic nitrogens is 1. The number of anilines is 1. The maximum absolute atomic E-state index is 12.2. The van der Waals surface area contributed by atoms with Gasteiger partial charge in [-0.1, -0.05) is 18.9 Å². The number of nitrogens with zero attached hydrogens (tertiary/aromatic N) is 3. The summed E-state index contributed by atoms with van der Waals surface area (Å²) in [5.74, 6) is 1.17. The van der Waals surface area contributed by atoms with Gasteiger partial charge in [-0.25, -0.2) is 4.98 Å². The molecule has 1 aliphatic carbocycles. The second-order valence-corrected chi connectivity index (χ2v) is 8.03. The van der Waals surface area contributed by atoms with Crippen LogP contribution in [0.25, 0.3) is 0 Å². The van der Waals surface area contributed by atoms with Crippen LogP contribution in [0.4, 0.5) is 5.82 Å². The molecule has 3 heterocycles. The molecule has 3 aliphatic rings. The largest absolute Gasteiger partial charge is 0.462 e. The molecule has 1 atom stereocenters. The van der Waals surface area contributed by atoms with Crippen molar-refractivity contribution < 1.29 is 9.53 Å². The van der Waals surface area contributed by atoms with Gasteiger partial charge < -0.3 is 9.64 Å². The van der Waals surface area contributed by atoms with Crippen LogP contribution in [0.2, 0.25) is 0 Å². The van der Waals surface area contributed by atoms with Crippen LogP contribution in [-0.4, -0.2) is 54.7 Å². The summed E-state index contributed by atoms with van der Waals surface area (Å²) in [7, 11) is 0. The van der Waals surface area contributed by atoms with Crippen molar-refractivity contribution in [2.45, 2.75) is 51.6 Å². The SMILES string of the molecule is Cc1ccc(N2CCN(CC[C@H]3CC4(CCCC4)C(=O)O3)CC2)nc1. The third-order valence-electron chi connectivity index (χ3n) is 6.25. The fraction of sp³-hybridized carbons (Fsp3) is 0.700. The standard InChI is InChI=1S/C20H29N3O2/c1-16-4-5-18(21-15-16)23-12-10-22(11-13-23)9-6-17-14-20(19(24)25-17)7-2-3-8-20/h4-5,15,17H,2-3,6-14H2,1H3/t17-/m0/s1. The number of cyclic esters (lactones) is 1. The van der Waals surface area contributed by atoms with E-state index in [-0.39, 0.29) is 17.5 Å². The highest BCUT2D eigenvalue weighted by atomic mass is 16.6. The molecule has 5 nitrogen and oxygen atoms in total. The fourth-order valence-corrected chi connectivity index (χ4v) is 4.63. The average molecular weight is 343 g/mol. The molecular formula is C20H29N3O2. The Bertz CT molecular complexity index is 602. The predicted octanol–water partition coefficient (Wildman–Crippen LogP) is 2.78. The van der Waals surface area contributed by atoms with Gasteiger partial charge in [-0.2, -0.15) is 0 Å². The summed E-state index contributed by atoms with van der Waals surface area (Å²) < 4.78 is 5.71. The molecule has 5 heteroatoms.